The Kier molecular flexibility index (Phi) is 6.14. The largest absolute Gasteiger partial charge is 0.306 e. The Hall–Kier alpha value is -3.39. The number of aryl methyl sites for hydroxylation is 2. The van der Waals surface area contributed by atoms with Crippen molar-refractivity contribution < 1.29 is 18.8 Å². The molecule has 0 unspecified atom stereocenters. The minimum Gasteiger partial charge on any atom is -0.306 e. The van der Waals surface area contributed by atoms with E-state index in [4.69, 9.17) is 0 Å². The number of imide groups is 1. The van der Waals surface area contributed by atoms with Gasteiger partial charge in [0.05, 0.1) is 28.4 Å². The van der Waals surface area contributed by atoms with Gasteiger partial charge in [0.15, 0.2) is 0 Å². The first kappa shape index (κ1) is 21.8. The van der Waals surface area contributed by atoms with Crippen LogP contribution in [0.3, 0.4) is 0 Å². The molecule has 32 heavy (non-hydrogen) atoms. The molecular weight excluding hydrogens is 429 g/mol. The number of carbonyl (C=O) groups is 3. The van der Waals surface area contributed by atoms with E-state index in [1.54, 1.807) is 35.2 Å². The van der Waals surface area contributed by atoms with E-state index in [2.05, 4.69) is 4.98 Å². The number of fused-ring (bicyclic) bond motifs is 1. The Morgan fingerprint density at radius 3 is 2.47 bits per heavy atom. The van der Waals surface area contributed by atoms with Crippen molar-refractivity contribution in [2.45, 2.75) is 33.2 Å². The molecule has 1 aliphatic rings. The van der Waals surface area contributed by atoms with Gasteiger partial charge in [0.25, 0.3) is 11.8 Å². The van der Waals surface area contributed by atoms with Crippen LogP contribution in [0.1, 0.15) is 49.8 Å². The van der Waals surface area contributed by atoms with Crippen molar-refractivity contribution in [3.8, 4) is 0 Å². The molecule has 8 heteroatoms. The van der Waals surface area contributed by atoms with Gasteiger partial charge in [0, 0.05) is 24.0 Å². The molecule has 0 fully saturated rings. The van der Waals surface area contributed by atoms with Gasteiger partial charge in [-0.1, -0.05) is 11.6 Å². The summed E-state index contributed by atoms with van der Waals surface area (Å²) in [6, 6.07) is 10.9. The summed E-state index contributed by atoms with van der Waals surface area (Å²) >= 11 is 1.50. The third kappa shape index (κ3) is 4.45. The first-order chi connectivity index (χ1) is 15.3. The molecule has 0 saturated heterocycles. The summed E-state index contributed by atoms with van der Waals surface area (Å²) in [6.45, 7) is 4.18. The maximum absolute atomic E-state index is 13.4. The molecule has 1 aromatic heterocycles. The number of benzene rings is 2. The lowest BCUT2D eigenvalue weighted by molar-refractivity contribution is -0.118. The smallest absolute Gasteiger partial charge is 0.261 e. The predicted octanol–water partition coefficient (Wildman–Crippen LogP) is 4.51. The predicted molar refractivity (Wildman–Crippen MR) is 120 cm³/mol. The fourth-order valence-corrected chi connectivity index (χ4v) is 4.32. The summed E-state index contributed by atoms with van der Waals surface area (Å²) in [5.41, 5.74) is 3.04. The maximum Gasteiger partial charge on any atom is 0.261 e. The summed E-state index contributed by atoms with van der Waals surface area (Å²) in [4.78, 5) is 45.5. The Bertz CT molecular complexity index is 1190. The average Bonchev–Trinajstić information content (AvgIpc) is 3.28. The molecule has 3 aromatic rings. The summed E-state index contributed by atoms with van der Waals surface area (Å²) in [7, 11) is 0. The number of aromatic nitrogens is 1. The number of hydrogen-bond donors (Lipinski definition) is 0. The molecular formula is C24H22FN3O3S. The molecule has 2 heterocycles. The number of carbonyl (C=O) groups excluding carboxylic acids is 3. The van der Waals surface area contributed by atoms with E-state index in [1.165, 1.54) is 28.4 Å². The quantitative estimate of drug-likeness (QED) is 0.496. The zero-order chi connectivity index (χ0) is 22.8. The highest BCUT2D eigenvalue weighted by molar-refractivity contribution is 7.09. The first-order valence-electron chi connectivity index (χ1n) is 10.3. The zero-order valence-corrected chi connectivity index (χ0v) is 18.6. The van der Waals surface area contributed by atoms with Gasteiger partial charge in [-0.05, 0) is 56.7 Å². The van der Waals surface area contributed by atoms with E-state index < -0.39 is 0 Å². The van der Waals surface area contributed by atoms with Gasteiger partial charge in [-0.25, -0.2) is 9.37 Å². The Morgan fingerprint density at radius 1 is 1.06 bits per heavy atom. The van der Waals surface area contributed by atoms with Crippen LogP contribution in [0.5, 0.6) is 0 Å². The second-order valence-corrected chi connectivity index (χ2v) is 8.79. The normalized spacial score (nSPS) is 12.9. The molecule has 0 aliphatic carbocycles. The van der Waals surface area contributed by atoms with E-state index in [1.807, 2.05) is 19.2 Å². The van der Waals surface area contributed by atoms with Gasteiger partial charge in [-0.2, -0.15) is 0 Å². The molecule has 3 amide bonds. The van der Waals surface area contributed by atoms with Crippen molar-refractivity contribution >= 4 is 34.7 Å². The summed E-state index contributed by atoms with van der Waals surface area (Å²) < 4.78 is 13.4. The minimum atomic E-state index is -0.383. The Morgan fingerprint density at radius 2 is 1.78 bits per heavy atom. The van der Waals surface area contributed by atoms with Gasteiger partial charge in [0.1, 0.15) is 5.82 Å². The van der Waals surface area contributed by atoms with Crippen LogP contribution in [-0.4, -0.2) is 34.2 Å². The molecule has 0 radical (unpaired) electrons. The number of amides is 3. The van der Waals surface area contributed by atoms with Crippen molar-refractivity contribution in [1.29, 1.82) is 0 Å². The molecule has 0 saturated carbocycles. The topological polar surface area (TPSA) is 70.6 Å². The highest BCUT2D eigenvalue weighted by atomic mass is 32.1. The second-order valence-electron chi connectivity index (χ2n) is 7.73. The number of anilines is 1. The van der Waals surface area contributed by atoms with E-state index >= 15 is 0 Å². The number of halogens is 1. The van der Waals surface area contributed by atoms with Crippen molar-refractivity contribution in [2.24, 2.45) is 0 Å². The monoisotopic (exact) mass is 451 g/mol. The summed E-state index contributed by atoms with van der Waals surface area (Å²) in [5.74, 6) is -1.22. The van der Waals surface area contributed by atoms with Crippen LogP contribution in [0.2, 0.25) is 0 Å². The number of thiazole rings is 1. The Labute approximate surface area is 189 Å². The molecule has 4 rings (SSSR count). The highest BCUT2D eigenvalue weighted by Gasteiger charge is 2.35. The first-order valence-corrected chi connectivity index (χ1v) is 11.2. The lowest BCUT2D eigenvalue weighted by Gasteiger charge is -2.23. The van der Waals surface area contributed by atoms with E-state index in [9.17, 15) is 18.8 Å². The van der Waals surface area contributed by atoms with Crippen LogP contribution in [-0.2, 0) is 11.3 Å². The minimum absolute atomic E-state index is 0.132. The van der Waals surface area contributed by atoms with Gasteiger partial charge in [0.2, 0.25) is 5.91 Å². The van der Waals surface area contributed by atoms with Crippen LogP contribution in [0.4, 0.5) is 10.1 Å². The van der Waals surface area contributed by atoms with Crippen LogP contribution >= 0.6 is 11.3 Å². The molecule has 164 valence electrons. The van der Waals surface area contributed by atoms with Crippen molar-refractivity contribution in [3.63, 3.8) is 0 Å². The van der Waals surface area contributed by atoms with Crippen LogP contribution in [0.25, 0.3) is 0 Å². The van der Waals surface area contributed by atoms with Gasteiger partial charge in [-0.3, -0.25) is 19.3 Å². The fourth-order valence-electron chi connectivity index (χ4n) is 3.72. The molecule has 0 N–H and O–H groups in total. The Balaban J connectivity index is 1.44. The van der Waals surface area contributed by atoms with Crippen LogP contribution in [0, 0.1) is 19.7 Å². The fraction of sp³-hybridized carbons (Fsp3) is 0.250. The van der Waals surface area contributed by atoms with Gasteiger partial charge >= 0.3 is 0 Å². The number of nitrogens with zero attached hydrogens (tertiary/aromatic N) is 3. The maximum atomic E-state index is 13.4. The summed E-state index contributed by atoms with van der Waals surface area (Å²) in [6.07, 6.45) is 0.462. The second kappa shape index (κ2) is 9.00. The standard InChI is InChI=1S/C24H22FN3O3S/c1-15-5-10-20-21(12-15)24(31)27(23(20)30)11-3-4-22(29)28(13-18-14-32-16(2)26-18)19-8-6-17(25)7-9-19/h5-10,12,14H,3-4,11,13H2,1-2H3. The van der Waals surface area contributed by atoms with Crippen LogP contribution in [0.15, 0.2) is 47.8 Å². The average molecular weight is 452 g/mol. The molecule has 0 spiro atoms. The molecule has 2 aromatic carbocycles. The molecule has 0 atom stereocenters. The van der Waals surface area contributed by atoms with Crippen molar-refractivity contribution in [1.82, 2.24) is 9.88 Å². The van der Waals surface area contributed by atoms with Gasteiger partial charge in [-0.15, -0.1) is 11.3 Å². The zero-order valence-electron chi connectivity index (χ0n) is 17.8. The number of hydrogen-bond acceptors (Lipinski definition) is 5. The molecule has 0 bridgehead atoms. The van der Waals surface area contributed by atoms with E-state index in [-0.39, 0.29) is 43.0 Å². The highest BCUT2D eigenvalue weighted by Crippen LogP contribution is 2.25. The van der Waals surface area contributed by atoms with E-state index in [0.29, 0.717) is 23.2 Å². The summed E-state index contributed by atoms with van der Waals surface area (Å²) in [5, 5.41) is 2.78. The third-order valence-corrected chi connectivity index (χ3v) is 6.15. The number of rotatable bonds is 7. The van der Waals surface area contributed by atoms with Gasteiger partial charge < -0.3 is 4.90 Å². The van der Waals surface area contributed by atoms with E-state index in [0.717, 1.165) is 16.3 Å². The molecule has 6 nitrogen and oxygen atoms in total. The van der Waals surface area contributed by atoms with Crippen molar-refractivity contribution in [2.75, 3.05) is 11.4 Å². The van der Waals surface area contributed by atoms with Crippen molar-refractivity contribution in [3.05, 3.63) is 81.1 Å². The lowest BCUT2D eigenvalue weighted by Crippen LogP contribution is -2.33. The van der Waals surface area contributed by atoms with Crippen LogP contribution < -0.4 is 4.90 Å². The SMILES string of the molecule is Cc1ccc2c(c1)C(=O)N(CCCC(=O)N(Cc1csc(C)n1)c1ccc(F)cc1)C2=O. The third-order valence-electron chi connectivity index (χ3n) is 5.32. The molecule has 1 aliphatic heterocycles. The lowest BCUT2D eigenvalue weighted by atomic mass is 10.1.